The fourth-order valence-electron chi connectivity index (χ4n) is 7.76. The summed E-state index contributed by atoms with van der Waals surface area (Å²) in [5.74, 6) is -0.527. The van der Waals surface area contributed by atoms with E-state index in [1.807, 2.05) is 68.4 Å². The molecule has 60 heavy (non-hydrogen) atoms. The van der Waals surface area contributed by atoms with Crippen LogP contribution >= 0.6 is 0 Å². The first-order chi connectivity index (χ1) is 29.3. The smallest absolute Gasteiger partial charge is 0.350 e. The monoisotopic (exact) mass is 822 g/mol. The number of hydrogen-bond donors (Lipinski definition) is 1. The van der Waals surface area contributed by atoms with Crippen molar-refractivity contribution in [2.24, 2.45) is 5.92 Å². The molecular formula is C46H56F2N8O4. The van der Waals surface area contributed by atoms with Crippen molar-refractivity contribution in [1.29, 1.82) is 0 Å². The Morgan fingerprint density at radius 1 is 0.833 bits per heavy atom. The number of ether oxygens (including phenoxy) is 2. The molecule has 8 rings (SSSR count). The van der Waals surface area contributed by atoms with Gasteiger partial charge in [-0.25, -0.2) is 32.5 Å². The van der Waals surface area contributed by atoms with Gasteiger partial charge in [-0.3, -0.25) is 0 Å². The van der Waals surface area contributed by atoms with E-state index in [0.29, 0.717) is 25.2 Å². The highest BCUT2D eigenvalue weighted by molar-refractivity contribution is 5.54. The van der Waals surface area contributed by atoms with Crippen LogP contribution in [0.25, 0.3) is 5.69 Å². The summed E-state index contributed by atoms with van der Waals surface area (Å²) in [7, 11) is 0. The summed E-state index contributed by atoms with van der Waals surface area (Å²) >= 11 is 0. The van der Waals surface area contributed by atoms with Crippen LogP contribution in [-0.4, -0.2) is 73.6 Å². The first-order valence-corrected chi connectivity index (χ1v) is 20.8. The topological polar surface area (TPSA) is 116 Å². The van der Waals surface area contributed by atoms with E-state index in [0.717, 1.165) is 73.5 Å². The van der Waals surface area contributed by atoms with Crippen LogP contribution in [0.3, 0.4) is 0 Å². The van der Waals surface area contributed by atoms with Gasteiger partial charge in [-0.15, -0.1) is 0 Å². The van der Waals surface area contributed by atoms with Gasteiger partial charge in [-0.2, -0.15) is 10.2 Å². The SMILES string of the molecule is CC.CCC(CC)n1ncn(-c2ccc(N3CCN(c4ccc(OCC5COC(Cn6cncn6)(c6ccc(F)cc6F)C5)cc4)CC3)cc2)c1=O.OCc1ccccc1. The van der Waals surface area contributed by atoms with E-state index in [1.54, 1.807) is 26.6 Å². The molecule has 0 bridgehead atoms. The van der Waals surface area contributed by atoms with Crippen molar-refractivity contribution in [3.8, 4) is 11.4 Å². The number of benzene rings is 4. The average Bonchev–Trinajstić information content (AvgIpc) is 4.06. The van der Waals surface area contributed by atoms with Crippen LogP contribution in [0.2, 0.25) is 0 Å². The molecule has 2 atom stereocenters. The summed E-state index contributed by atoms with van der Waals surface area (Å²) < 4.78 is 45.9. The minimum Gasteiger partial charge on any atom is -0.493 e. The van der Waals surface area contributed by atoms with Gasteiger partial charge in [0.2, 0.25) is 0 Å². The number of aliphatic hydroxyl groups is 1. The minimum absolute atomic E-state index is 0.00191. The summed E-state index contributed by atoms with van der Waals surface area (Å²) in [5.41, 5.74) is 3.21. The van der Waals surface area contributed by atoms with Gasteiger partial charge in [0.1, 0.15) is 42.0 Å². The van der Waals surface area contributed by atoms with E-state index in [9.17, 15) is 13.6 Å². The van der Waals surface area contributed by atoms with Crippen molar-refractivity contribution in [2.45, 2.75) is 71.8 Å². The number of piperazine rings is 1. The Bertz CT molecular complexity index is 2240. The number of aromatic nitrogens is 6. The molecule has 4 aromatic carbocycles. The van der Waals surface area contributed by atoms with Crippen LogP contribution in [0.5, 0.6) is 5.75 Å². The Morgan fingerprint density at radius 3 is 2.03 bits per heavy atom. The molecule has 2 aromatic heterocycles. The third-order valence-corrected chi connectivity index (χ3v) is 11.0. The molecule has 2 saturated heterocycles. The highest BCUT2D eigenvalue weighted by Crippen LogP contribution is 2.42. The molecule has 4 heterocycles. The third kappa shape index (κ3) is 10.5. The molecule has 0 radical (unpaired) electrons. The third-order valence-electron chi connectivity index (χ3n) is 11.0. The molecule has 14 heteroatoms. The van der Waals surface area contributed by atoms with Gasteiger partial charge in [0.25, 0.3) is 0 Å². The summed E-state index contributed by atoms with van der Waals surface area (Å²) in [4.78, 5) is 21.7. The largest absolute Gasteiger partial charge is 0.493 e. The van der Waals surface area contributed by atoms with Gasteiger partial charge in [0, 0.05) is 55.1 Å². The van der Waals surface area contributed by atoms with Crippen LogP contribution < -0.4 is 20.2 Å². The highest BCUT2D eigenvalue weighted by Gasteiger charge is 2.44. The first kappa shape index (κ1) is 43.7. The number of nitrogens with zero attached hydrogens (tertiary/aromatic N) is 8. The number of rotatable bonds is 13. The zero-order chi connectivity index (χ0) is 42.5. The second kappa shape index (κ2) is 20.9. The summed E-state index contributed by atoms with van der Waals surface area (Å²) in [6.07, 6.45) is 6.81. The van der Waals surface area contributed by atoms with E-state index in [2.05, 4.69) is 63.1 Å². The van der Waals surface area contributed by atoms with E-state index in [-0.39, 0.29) is 30.8 Å². The fraction of sp³-hybridized carbons (Fsp3) is 0.391. The second-order valence-electron chi connectivity index (χ2n) is 14.7. The van der Waals surface area contributed by atoms with Gasteiger partial charge < -0.3 is 24.4 Å². The van der Waals surface area contributed by atoms with Crippen molar-refractivity contribution in [1.82, 2.24) is 29.1 Å². The van der Waals surface area contributed by atoms with Gasteiger partial charge in [0.15, 0.2) is 0 Å². The predicted molar refractivity (Wildman–Crippen MR) is 230 cm³/mol. The van der Waals surface area contributed by atoms with Gasteiger partial charge >= 0.3 is 5.69 Å². The molecule has 2 aliphatic rings. The quantitative estimate of drug-likeness (QED) is 0.125. The van der Waals surface area contributed by atoms with Crippen LogP contribution in [0, 0.1) is 17.6 Å². The van der Waals surface area contributed by atoms with E-state index in [4.69, 9.17) is 14.6 Å². The maximum atomic E-state index is 15.0. The predicted octanol–water partition coefficient (Wildman–Crippen LogP) is 7.81. The molecule has 0 amide bonds. The molecule has 0 aliphatic carbocycles. The standard InChI is InChI=1S/C37H42F2N8O3.C7H8O.C2H6/c1-3-29(4-2)47-36(48)46(26-42-47)32-8-6-30(7-9-32)43-15-17-44(18-16-43)31-10-12-33(13-11-31)49-21-27-20-37(50-22-27,23-45-25-40-24-41-45)34-14-5-28(38)19-35(34)39;8-6-7-4-2-1-3-5-7;1-2/h5-14,19,24-27,29H,3-4,15-18,20-23H2,1-2H3;1-5,8H,6H2;1-2H3. The zero-order valence-corrected chi connectivity index (χ0v) is 34.9. The Labute approximate surface area is 350 Å². The van der Waals surface area contributed by atoms with E-state index < -0.39 is 17.2 Å². The van der Waals surface area contributed by atoms with Crippen molar-refractivity contribution in [2.75, 3.05) is 49.2 Å². The molecule has 318 valence electrons. The van der Waals surface area contributed by atoms with Crippen molar-refractivity contribution in [3.05, 3.63) is 149 Å². The van der Waals surface area contributed by atoms with Crippen molar-refractivity contribution in [3.63, 3.8) is 0 Å². The average molecular weight is 823 g/mol. The lowest BCUT2D eigenvalue weighted by molar-refractivity contribution is -0.0206. The second-order valence-corrected chi connectivity index (χ2v) is 14.7. The van der Waals surface area contributed by atoms with Crippen molar-refractivity contribution >= 4 is 11.4 Å². The zero-order valence-electron chi connectivity index (χ0n) is 34.9. The molecule has 6 aromatic rings. The number of halogens is 2. The summed E-state index contributed by atoms with van der Waals surface area (Å²) in [6, 6.07) is 29.4. The minimum atomic E-state index is -1.01. The molecule has 2 unspecified atom stereocenters. The Hall–Kier alpha value is -5.86. The number of aliphatic hydroxyl groups excluding tert-OH is 1. The maximum Gasteiger partial charge on any atom is 0.350 e. The summed E-state index contributed by atoms with van der Waals surface area (Å²) in [6.45, 7) is 12.8. The van der Waals surface area contributed by atoms with Gasteiger partial charge in [-0.1, -0.05) is 64.1 Å². The maximum absolute atomic E-state index is 15.0. The summed E-state index contributed by atoms with van der Waals surface area (Å²) in [5, 5.41) is 17.1. The molecule has 0 spiro atoms. The van der Waals surface area contributed by atoms with Gasteiger partial charge in [-0.05, 0) is 79.4 Å². The highest BCUT2D eigenvalue weighted by atomic mass is 19.1. The van der Waals surface area contributed by atoms with Gasteiger partial charge in [0.05, 0.1) is 38.1 Å². The number of hydrogen-bond acceptors (Lipinski definition) is 9. The fourth-order valence-corrected chi connectivity index (χ4v) is 7.76. The first-order valence-electron chi connectivity index (χ1n) is 20.8. The molecule has 12 nitrogen and oxygen atoms in total. The number of anilines is 2. The van der Waals surface area contributed by atoms with Crippen LogP contribution in [0.1, 0.15) is 64.1 Å². The molecule has 2 fully saturated rings. The lowest BCUT2D eigenvalue weighted by Gasteiger charge is -2.37. The lowest BCUT2D eigenvalue weighted by atomic mass is 9.87. The normalized spacial score (nSPS) is 17.5. The Kier molecular flexibility index (Phi) is 15.2. The van der Waals surface area contributed by atoms with Crippen LogP contribution in [-0.2, 0) is 23.5 Å². The Balaban J connectivity index is 0.000000536. The lowest BCUT2D eigenvalue weighted by Crippen LogP contribution is -2.46. The molecule has 1 N–H and O–H groups in total. The Morgan fingerprint density at radius 2 is 1.47 bits per heavy atom. The van der Waals surface area contributed by atoms with Crippen LogP contribution in [0.4, 0.5) is 20.2 Å². The van der Waals surface area contributed by atoms with Crippen molar-refractivity contribution < 1.29 is 23.4 Å². The van der Waals surface area contributed by atoms with E-state index in [1.165, 1.54) is 18.5 Å². The molecule has 2 aliphatic heterocycles. The van der Waals surface area contributed by atoms with Crippen LogP contribution in [0.15, 0.2) is 121 Å². The van der Waals surface area contributed by atoms with E-state index >= 15 is 0 Å². The molecule has 0 saturated carbocycles. The molecular weight excluding hydrogens is 767 g/mol.